The van der Waals surface area contributed by atoms with E-state index in [0.717, 1.165) is 38.4 Å². The molecule has 1 aliphatic carbocycles. The van der Waals surface area contributed by atoms with Crippen LogP contribution in [0.1, 0.15) is 52.4 Å². The summed E-state index contributed by atoms with van der Waals surface area (Å²) in [7, 11) is 0. The molecule has 0 amide bonds. The number of hydrogen-bond donors (Lipinski definition) is 2. The second-order valence-corrected chi connectivity index (χ2v) is 6.89. The van der Waals surface area contributed by atoms with Crippen molar-refractivity contribution in [2.24, 2.45) is 17.8 Å². The molecule has 2 N–H and O–H groups in total. The Morgan fingerprint density at radius 3 is 2.58 bits per heavy atom. The topological polar surface area (TPSA) is 43.7 Å². The standard InChI is InChI=1S/C16H31NO2/c1-3-4-13-5-6-15(18)14(9-13)10-17-8-7-12(2)16(19)11-17/h12-16,18-19H,3-11H2,1-2H3. The van der Waals surface area contributed by atoms with Gasteiger partial charge in [-0.15, -0.1) is 0 Å². The second kappa shape index (κ2) is 7.05. The van der Waals surface area contributed by atoms with Crippen molar-refractivity contribution in [1.82, 2.24) is 4.90 Å². The van der Waals surface area contributed by atoms with Crippen LogP contribution in [-0.2, 0) is 0 Å². The van der Waals surface area contributed by atoms with E-state index in [1.54, 1.807) is 0 Å². The van der Waals surface area contributed by atoms with Crippen LogP contribution in [0.5, 0.6) is 0 Å². The van der Waals surface area contributed by atoms with Crippen LogP contribution in [0.3, 0.4) is 0 Å². The molecule has 0 radical (unpaired) electrons. The van der Waals surface area contributed by atoms with Crippen LogP contribution in [0.2, 0.25) is 0 Å². The van der Waals surface area contributed by atoms with Crippen molar-refractivity contribution in [2.45, 2.75) is 64.6 Å². The van der Waals surface area contributed by atoms with E-state index >= 15 is 0 Å². The molecule has 0 aromatic heterocycles. The predicted molar refractivity (Wildman–Crippen MR) is 78.0 cm³/mol. The van der Waals surface area contributed by atoms with E-state index in [-0.39, 0.29) is 12.2 Å². The lowest BCUT2D eigenvalue weighted by atomic mass is 9.77. The SMILES string of the molecule is CCCC1CCC(O)C(CN2CCC(C)C(O)C2)C1. The van der Waals surface area contributed by atoms with Gasteiger partial charge in [0.25, 0.3) is 0 Å². The summed E-state index contributed by atoms with van der Waals surface area (Å²) >= 11 is 0. The van der Waals surface area contributed by atoms with Crippen LogP contribution in [0.4, 0.5) is 0 Å². The van der Waals surface area contributed by atoms with Gasteiger partial charge < -0.3 is 15.1 Å². The minimum atomic E-state index is -0.180. The molecule has 112 valence electrons. The third-order valence-corrected chi connectivity index (χ3v) is 5.24. The van der Waals surface area contributed by atoms with E-state index in [9.17, 15) is 10.2 Å². The number of likely N-dealkylation sites (tertiary alicyclic amines) is 1. The van der Waals surface area contributed by atoms with Crippen LogP contribution in [-0.4, -0.2) is 47.0 Å². The van der Waals surface area contributed by atoms with Crippen LogP contribution in [0.25, 0.3) is 0 Å². The molecule has 2 rings (SSSR count). The number of β-amino-alcohol motifs (C(OH)–C–C–N with tert-alkyl or cyclic N) is 1. The van der Waals surface area contributed by atoms with Crippen molar-refractivity contribution in [3.05, 3.63) is 0 Å². The molecule has 5 atom stereocenters. The van der Waals surface area contributed by atoms with Gasteiger partial charge in [-0.2, -0.15) is 0 Å². The summed E-state index contributed by atoms with van der Waals surface area (Å²) in [4.78, 5) is 2.37. The maximum Gasteiger partial charge on any atom is 0.0693 e. The first-order valence-corrected chi connectivity index (χ1v) is 8.18. The number of rotatable bonds is 4. The summed E-state index contributed by atoms with van der Waals surface area (Å²) in [6.45, 7) is 7.24. The summed E-state index contributed by atoms with van der Waals surface area (Å²) in [6.07, 6.45) is 6.70. The highest BCUT2D eigenvalue weighted by molar-refractivity contribution is 4.85. The van der Waals surface area contributed by atoms with Gasteiger partial charge in [-0.25, -0.2) is 0 Å². The van der Waals surface area contributed by atoms with Gasteiger partial charge in [0.15, 0.2) is 0 Å². The molecule has 19 heavy (non-hydrogen) atoms. The van der Waals surface area contributed by atoms with Crippen molar-refractivity contribution in [2.75, 3.05) is 19.6 Å². The van der Waals surface area contributed by atoms with Gasteiger partial charge in [0, 0.05) is 13.1 Å². The van der Waals surface area contributed by atoms with Gasteiger partial charge in [-0.1, -0.05) is 26.7 Å². The van der Waals surface area contributed by atoms with Crippen molar-refractivity contribution in [3.63, 3.8) is 0 Å². The molecule has 2 aliphatic rings. The molecular weight excluding hydrogens is 238 g/mol. The lowest BCUT2D eigenvalue weighted by molar-refractivity contribution is -0.0113. The zero-order valence-electron chi connectivity index (χ0n) is 12.6. The van der Waals surface area contributed by atoms with E-state index in [2.05, 4.69) is 18.7 Å². The van der Waals surface area contributed by atoms with Crippen LogP contribution >= 0.6 is 0 Å². The summed E-state index contributed by atoms with van der Waals surface area (Å²) in [5, 5.41) is 20.2. The average molecular weight is 269 g/mol. The molecule has 0 bridgehead atoms. The molecule has 3 heteroatoms. The van der Waals surface area contributed by atoms with Crippen molar-refractivity contribution >= 4 is 0 Å². The molecular formula is C16H31NO2. The molecule has 1 saturated carbocycles. The largest absolute Gasteiger partial charge is 0.393 e. The lowest BCUT2D eigenvalue weighted by Gasteiger charge is -2.40. The van der Waals surface area contributed by atoms with Gasteiger partial charge >= 0.3 is 0 Å². The normalized spacial score (nSPS) is 41.4. The Bertz CT molecular complexity index is 271. The van der Waals surface area contributed by atoms with Crippen molar-refractivity contribution in [1.29, 1.82) is 0 Å². The Kier molecular flexibility index (Phi) is 5.67. The summed E-state index contributed by atoms with van der Waals surface area (Å²) in [6, 6.07) is 0. The first-order valence-electron chi connectivity index (χ1n) is 8.18. The van der Waals surface area contributed by atoms with Gasteiger partial charge in [0.05, 0.1) is 12.2 Å². The third-order valence-electron chi connectivity index (χ3n) is 5.24. The minimum Gasteiger partial charge on any atom is -0.393 e. The lowest BCUT2D eigenvalue weighted by Crippen LogP contribution is -2.47. The molecule has 0 aromatic rings. The Labute approximate surface area is 118 Å². The maximum absolute atomic E-state index is 10.2. The van der Waals surface area contributed by atoms with E-state index in [4.69, 9.17) is 0 Å². The smallest absolute Gasteiger partial charge is 0.0693 e. The molecule has 1 heterocycles. The second-order valence-electron chi connectivity index (χ2n) is 6.89. The Morgan fingerprint density at radius 1 is 1.11 bits per heavy atom. The number of aliphatic hydroxyl groups excluding tert-OH is 2. The highest BCUT2D eigenvalue weighted by Crippen LogP contribution is 2.33. The molecule has 2 fully saturated rings. The van der Waals surface area contributed by atoms with E-state index in [1.807, 2.05) is 0 Å². The number of piperidine rings is 1. The Morgan fingerprint density at radius 2 is 1.89 bits per heavy atom. The molecule has 3 nitrogen and oxygen atoms in total. The summed E-state index contributed by atoms with van der Waals surface area (Å²) in [5.74, 6) is 1.67. The highest BCUT2D eigenvalue weighted by Gasteiger charge is 2.32. The first kappa shape index (κ1) is 15.3. The van der Waals surface area contributed by atoms with Gasteiger partial charge in [0.2, 0.25) is 0 Å². The zero-order valence-corrected chi connectivity index (χ0v) is 12.6. The van der Waals surface area contributed by atoms with Crippen molar-refractivity contribution in [3.8, 4) is 0 Å². The molecule has 1 aliphatic heterocycles. The van der Waals surface area contributed by atoms with Crippen LogP contribution < -0.4 is 0 Å². The number of nitrogens with zero attached hydrogens (tertiary/aromatic N) is 1. The van der Waals surface area contributed by atoms with E-state index < -0.39 is 0 Å². The Balaban J connectivity index is 1.83. The van der Waals surface area contributed by atoms with Gasteiger partial charge in [-0.05, 0) is 50.0 Å². The minimum absolute atomic E-state index is 0.121. The fourth-order valence-electron chi connectivity index (χ4n) is 3.82. The number of aliphatic hydroxyl groups is 2. The predicted octanol–water partition coefficient (Wildman–Crippen LogP) is 2.27. The number of hydrogen-bond acceptors (Lipinski definition) is 3. The first-order chi connectivity index (χ1) is 9.10. The average Bonchev–Trinajstić information content (AvgIpc) is 2.38. The van der Waals surface area contributed by atoms with Gasteiger partial charge in [0.1, 0.15) is 0 Å². The highest BCUT2D eigenvalue weighted by atomic mass is 16.3. The molecule has 1 saturated heterocycles. The van der Waals surface area contributed by atoms with Crippen molar-refractivity contribution < 1.29 is 10.2 Å². The fraction of sp³-hybridized carbons (Fsp3) is 1.00. The van der Waals surface area contributed by atoms with Gasteiger partial charge in [-0.3, -0.25) is 0 Å². The maximum atomic E-state index is 10.2. The fourth-order valence-corrected chi connectivity index (χ4v) is 3.82. The molecule has 5 unspecified atom stereocenters. The van der Waals surface area contributed by atoms with Crippen LogP contribution in [0, 0.1) is 17.8 Å². The summed E-state index contributed by atoms with van der Waals surface area (Å²) < 4.78 is 0. The third kappa shape index (κ3) is 4.17. The van der Waals surface area contributed by atoms with E-state index in [0.29, 0.717) is 11.8 Å². The monoisotopic (exact) mass is 269 g/mol. The Hall–Kier alpha value is -0.120. The summed E-state index contributed by atoms with van der Waals surface area (Å²) in [5.41, 5.74) is 0. The molecule has 0 spiro atoms. The quantitative estimate of drug-likeness (QED) is 0.823. The van der Waals surface area contributed by atoms with E-state index in [1.165, 1.54) is 25.7 Å². The zero-order chi connectivity index (χ0) is 13.8. The molecule has 0 aromatic carbocycles. The van der Waals surface area contributed by atoms with Crippen LogP contribution in [0.15, 0.2) is 0 Å².